The number of carbonyl (C=O) groups is 1. The number of carbonyl (C=O) groups excluding carboxylic acids is 1. The van der Waals surface area contributed by atoms with Crippen molar-refractivity contribution in [2.75, 3.05) is 18.9 Å². The summed E-state index contributed by atoms with van der Waals surface area (Å²) in [4.78, 5) is 12.4. The molecule has 1 aromatic rings. The lowest BCUT2D eigenvalue weighted by Gasteiger charge is -2.27. The Morgan fingerprint density at radius 2 is 2.00 bits per heavy atom. The van der Waals surface area contributed by atoms with Crippen LogP contribution in [0.25, 0.3) is 0 Å². The first-order valence-electron chi connectivity index (χ1n) is 7.71. The Bertz CT molecular complexity index is 479. The Balaban J connectivity index is 1.59. The molecule has 0 heterocycles. The van der Waals surface area contributed by atoms with Gasteiger partial charge in [-0.05, 0) is 43.7 Å². The van der Waals surface area contributed by atoms with Crippen molar-refractivity contribution in [2.45, 2.75) is 36.6 Å². The van der Waals surface area contributed by atoms with Gasteiger partial charge in [-0.1, -0.05) is 12.1 Å². The number of amides is 2. The molecule has 0 aromatic heterocycles. The van der Waals surface area contributed by atoms with Gasteiger partial charge in [0.05, 0.1) is 0 Å². The molecule has 0 spiro atoms. The number of aliphatic hydroxyl groups is 1. The molecule has 0 unspecified atom stereocenters. The third kappa shape index (κ3) is 5.50. The molecule has 0 saturated heterocycles. The van der Waals surface area contributed by atoms with E-state index in [4.69, 9.17) is 5.11 Å². The summed E-state index contributed by atoms with van der Waals surface area (Å²) in [5, 5.41) is 14.8. The molecule has 0 atom stereocenters. The van der Waals surface area contributed by atoms with E-state index in [9.17, 15) is 9.18 Å². The fourth-order valence-corrected chi connectivity index (χ4v) is 3.42. The molecule has 6 heteroatoms. The summed E-state index contributed by atoms with van der Waals surface area (Å²) in [6, 6.07) is 6.67. The highest BCUT2D eigenvalue weighted by atomic mass is 32.2. The molecule has 0 radical (unpaired) electrons. The molecule has 2 amide bonds. The minimum Gasteiger partial charge on any atom is -0.396 e. The predicted molar refractivity (Wildman–Crippen MR) is 86.5 cm³/mol. The number of urea groups is 1. The lowest BCUT2D eigenvalue weighted by atomic mass is 9.87. The molecular formula is C16H23FN2O2S. The summed E-state index contributed by atoms with van der Waals surface area (Å²) in [7, 11) is 0. The van der Waals surface area contributed by atoms with Crippen molar-refractivity contribution in [3.8, 4) is 0 Å². The molecule has 122 valence electrons. The van der Waals surface area contributed by atoms with E-state index < -0.39 is 0 Å². The van der Waals surface area contributed by atoms with E-state index in [2.05, 4.69) is 10.6 Å². The number of hydrogen-bond donors (Lipinski definition) is 3. The van der Waals surface area contributed by atoms with Crippen LogP contribution < -0.4 is 10.6 Å². The van der Waals surface area contributed by atoms with Crippen molar-refractivity contribution in [2.24, 2.45) is 5.92 Å². The second-order valence-electron chi connectivity index (χ2n) is 5.58. The smallest absolute Gasteiger partial charge is 0.315 e. The SMILES string of the molecule is O=C(NCCSc1ccccc1F)NC1CCC(CO)CC1. The van der Waals surface area contributed by atoms with Crippen molar-refractivity contribution in [1.29, 1.82) is 0 Å². The normalized spacial score (nSPS) is 21.4. The molecule has 1 aliphatic rings. The maximum Gasteiger partial charge on any atom is 0.315 e. The number of halogens is 1. The first-order valence-corrected chi connectivity index (χ1v) is 8.70. The van der Waals surface area contributed by atoms with Crippen LogP contribution in [0.3, 0.4) is 0 Å². The van der Waals surface area contributed by atoms with E-state index in [1.807, 2.05) is 0 Å². The van der Waals surface area contributed by atoms with Crippen LogP contribution in [-0.2, 0) is 0 Å². The zero-order valence-corrected chi connectivity index (χ0v) is 13.4. The lowest BCUT2D eigenvalue weighted by molar-refractivity contribution is 0.174. The van der Waals surface area contributed by atoms with Crippen molar-refractivity contribution in [3.05, 3.63) is 30.1 Å². The average Bonchev–Trinajstić information content (AvgIpc) is 2.54. The van der Waals surface area contributed by atoms with Gasteiger partial charge in [0, 0.05) is 29.8 Å². The highest BCUT2D eigenvalue weighted by molar-refractivity contribution is 7.99. The van der Waals surface area contributed by atoms with Crippen LogP contribution >= 0.6 is 11.8 Å². The summed E-state index contributed by atoms with van der Waals surface area (Å²) < 4.78 is 13.4. The fraction of sp³-hybridized carbons (Fsp3) is 0.562. The van der Waals surface area contributed by atoms with Gasteiger partial charge in [0.15, 0.2) is 0 Å². The molecular weight excluding hydrogens is 303 g/mol. The third-order valence-electron chi connectivity index (χ3n) is 3.92. The van der Waals surface area contributed by atoms with Crippen LogP contribution in [0.1, 0.15) is 25.7 Å². The monoisotopic (exact) mass is 326 g/mol. The second kappa shape index (κ2) is 9.00. The Labute approximate surface area is 134 Å². The number of nitrogens with one attached hydrogen (secondary N) is 2. The molecule has 2 rings (SSSR count). The van der Waals surface area contributed by atoms with Gasteiger partial charge in [-0.2, -0.15) is 0 Å². The third-order valence-corrected chi connectivity index (χ3v) is 4.97. The number of rotatable bonds is 6. The molecule has 3 N–H and O–H groups in total. The van der Waals surface area contributed by atoms with Crippen molar-refractivity contribution >= 4 is 17.8 Å². The summed E-state index contributed by atoms with van der Waals surface area (Å²) >= 11 is 1.39. The van der Waals surface area contributed by atoms with Crippen LogP contribution in [0, 0.1) is 11.7 Å². The maximum atomic E-state index is 13.4. The number of benzene rings is 1. The molecule has 0 aliphatic heterocycles. The molecule has 1 aromatic carbocycles. The van der Waals surface area contributed by atoms with Gasteiger partial charge in [-0.15, -0.1) is 11.8 Å². The average molecular weight is 326 g/mol. The first kappa shape index (κ1) is 17.1. The molecule has 1 fully saturated rings. The van der Waals surface area contributed by atoms with E-state index in [0.29, 0.717) is 23.1 Å². The number of thioether (sulfide) groups is 1. The lowest BCUT2D eigenvalue weighted by Crippen LogP contribution is -2.44. The van der Waals surface area contributed by atoms with Crippen molar-refractivity contribution < 1.29 is 14.3 Å². The fourth-order valence-electron chi connectivity index (χ4n) is 2.61. The Kier molecular flexibility index (Phi) is 6.99. The zero-order valence-electron chi connectivity index (χ0n) is 12.6. The standard InChI is InChI=1S/C16H23FN2O2S/c17-14-3-1-2-4-15(14)22-10-9-18-16(21)19-13-7-5-12(11-20)6-8-13/h1-4,12-13,20H,5-11H2,(H2,18,19,21). The van der Waals surface area contributed by atoms with E-state index in [1.54, 1.807) is 18.2 Å². The van der Waals surface area contributed by atoms with Crippen molar-refractivity contribution in [3.63, 3.8) is 0 Å². The van der Waals surface area contributed by atoms with Gasteiger partial charge in [0.2, 0.25) is 0 Å². The van der Waals surface area contributed by atoms with Gasteiger partial charge in [-0.3, -0.25) is 0 Å². The van der Waals surface area contributed by atoms with Crippen LogP contribution in [0.4, 0.5) is 9.18 Å². The van der Waals surface area contributed by atoms with Crippen molar-refractivity contribution in [1.82, 2.24) is 10.6 Å². The summed E-state index contributed by atoms with van der Waals surface area (Å²) in [5.41, 5.74) is 0. The Morgan fingerprint density at radius 3 is 2.68 bits per heavy atom. The number of aliphatic hydroxyl groups excluding tert-OH is 1. The summed E-state index contributed by atoms with van der Waals surface area (Å²) in [6.07, 6.45) is 3.76. The largest absolute Gasteiger partial charge is 0.396 e. The second-order valence-corrected chi connectivity index (χ2v) is 6.72. The van der Waals surface area contributed by atoms with Gasteiger partial charge in [0.1, 0.15) is 5.82 Å². The molecule has 22 heavy (non-hydrogen) atoms. The zero-order chi connectivity index (χ0) is 15.8. The quantitative estimate of drug-likeness (QED) is 0.556. The van der Waals surface area contributed by atoms with Crippen LogP contribution in [0.15, 0.2) is 29.2 Å². The van der Waals surface area contributed by atoms with E-state index in [-0.39, 0.29) is 24.5 Å². The van der Waals surface area contributed by atoms with Gasteiger partial charge >= 0.3 is 6.03 Å². The maximum absolute atomic E-state index is 13.4. The van der Waals surface area contributed by atoms with Crippen LogP contribution in [-0.4, -0.2) is 36.1 Å². The van der Waals surface area contributed by atoms with Crippen LogP contribution in [0.2, 0.25) is 0 Å². The first-order chi connectivity index (χ1) is 10.7. The number of hydrogen-bond acceptors (Lipinski definition) is 3. The van der Waals surface area contributed by atoms with E-state index in [1.165, 1.54) is 17.8 Å². The van der Waals surface area contributed by atoms with Gasteiger partial charge in [-0.25, -0.2) is 9.18 Å². The summed E-state index contributed by atoms with van der Waals surface area (Å²) in [6.45, 7) is 0.739. The van der Waals surface area contributed by atoms with E-state index >= 15 is 0 Å². The molecule has 1 saturated carbocycles. The molecule has 1 aliphatic carbocycles. The molecule has 4 nitrogen and oxygen atoms in total. The predicted octanol–water partition coefficient (Wildman–Crippen LogP) is 2.77. The Hall–Kier alpha value is -1.27. The highest BCUT2D eigenvalue weighted by Gasteiger charge is 2.21. The van der Waals surface area contributed by atoms with Crippen LogP contribution in [0.5, 0.6) is 0 Å². The minimum absolute atomic E-state index is 0.165. The summed E-state index contributed by atoms with van der Waals surface area (Å²) in [5.74, 6) is 0.793. The minimum atomic E-state index is -0.224. The van der Waals surface area contributed by atoms with Gasteiger partial charge in [0.25, 0.3) is 0 Å². The highest BCUT2D eigenvalue weighted by Crippen LogP contribution is 2.23. The molecule has 0 bridgehead atoms. The topological polar surface area (TPSA) is 61.4 Å². The van der Waals surface area contributed by atoms with E-state index in [0.717, 1.165) is 25.7 Å². The Morgan fingerprint density at radius 1 is 1.27 bits per heavy atom. The van der Waals surface area contributed by atoms with Gasteiger partial charge < -0.3 is 15.7 Å².